The molecule has 2 heterocycles. The second-order valence-electron chi connectivity index (χ2n) is 5.24. The van der Waals surface area contributed by atoms with E-state index in [9.17, 15) is 12.8 Å². The molecule has 2 atom stereocenters. The van der Waals surface area contributed by atoms with Crippen LogP contribution in [0.25, 0.3) is 0 Å². The normalized spacial score (nSPS) is 26.7. The van der Waals surface area contributed by atoms with Gasteiger partial charge in [-0.25, -0.2) is 17.9 Å². The van der Waals surface area contributed by atoms with Crippen molar-refractivity contribution < 1.29 is 12.8 Å². The number of anilines is 1. The molecule has 3 rings (SSSR count). The van der Waals surface area contributed by atoms with E-state index in [1.54, 1.807) is 0 Å². The Labute approximate surface area is 111 Å². The molecule has 7 heteroatoms. The summed E-state index contributed by atoms with van der Waals surface area (Å²) < 4.78 is 36.4. The molecule has 0 radical (unpaired) electrons. The van der Waals surface area contributed by atoms with Crippen LogP contribution in [0, 0.1) is 17.7 Å². The number of sulfonamides is 1. The molecule has 1 aromatic rings. The van der Waals surface area contributed by atoms with Crippen molar-refractivity contribution in [3.63, 3.8) is 0 Å². The number of nitrogens with zero attached hydrogens (tertiary/aromatic N) is 1. The third kappa shape index (κ3) is 2.33. The summed E-state index contributed by atoms with van der Waals surface area (Å²) in [7, 11) is -3.85. The smallest absolute Gasteiger partial charge is 0.238 e. The largest absolute Gasteiger partial charge is 0.368 e. The van der Waals surface area contributed by atoms with Crippen LogP contribution in [0.1, 0.15) is 0 Å². The monoisotopic (exact) mass is 285 g/mol. The van der Waals surface area contributed by atoms with Crippen molar-refractivity contribution in [1.82, 2.24) is 5.32 Å². The number of hydrogen-bond acceptors (Lipinski definition) is 4. The maximum absolute atomic E-state index is 14.0. The van der Waals surface area contributed by atoms with E-state index in [4.69, 9.17) is 5.14 Å². The van der Waals surface area contributed by atoms with Gasteiger partial charge in [-0.15, -0.1) is 0 Å². The molecule has 3 N–H and O–H groups in total. The van der Waals surface area contributed by atoms with Crippen LogP contribution in [0.2, 0.25) is 0 Å². The van der Waals surface area contributed by atoms with Crippen LogP contribution in [-0.4, -0.2) is 34.6 Å². The van der Waals surface area contributed by atoms with Crippen LogP contribution in [0.15, 0.2) is 23.1 Å². The van der Waals surface area contributed by atoms with Crippen LogP contribution >= 0.6 is 0 Å². The molecular formula is C12H16FN3O2S. The lowest BCUT2D eigenvalue weighted by Gasteiger charge is -2.20. The summed E-state index contributed by atoms with van der Waals surface area (Å²) in [6.07, 6.45) is 0. The SMILES string of the molecule is NS(=O)(=O)c1ccc(N2CC3CNCC3C2)c(F)c1. The van der Waals surface area contributed by atoms with Gasteiger partial charge in [-0.3, -0.25) is 0 Å². The average molecular weight is 285 g/mol. The fourth-order valence-corrected chi connectivity index (χ4v) is 3.50. The van der Waals surface area contributed by atoms with Gasteiger partial charge in [0.05, 0.1) is 10.6 Å². The Bertz CT molecular complexity index is 593. The summed E-state index contributed by atoms with van der Waals surface area (Å²) in [6.45, 7) is 3.56. The van der Waals surface area contributed by atoms with Crippen molar-refractivity contribution in [1.29, 1.82) is 0 Å². The molecule has 0 bridgehead atoms. The van der Waals surface area contributed by atoms with Crippen molar-refractivity contribution in [2.75, 3.05) is 31.1 Å². The molecular weight excluding hydrogens is 269 g/mol. The molecule has 2 aliphatic rings. The van der Waals surface area contributed by atoms with Crippen molar-refractivity contribution >= 4 is 15.7 Å². The van der Waals surface area contributed by atoms with Crippen molar-refractivity contribution in [3.8, 4) is 0 Å². The number of rotatable bonds is 2. The number of nitrogens with one attached hydrogen (secondary N) is 1. The van der Waals surface area contributed by atoms with E-state index in [2.05, 4.69) is 5.32 Å². The minimum atomic E-state index is -3.85. The second-order valence-corrected chi connectivity index (χ2v) is 6.80. The van der Waals surface area contributed by atoms with E-state index in [-0.39, 0.29) is 4.90 Å². The Balaban J connectivity index is 1.86. The van der Waals surface area contributed by atoms with E-state index in [1.807, 2.05) is 4.90 Å². The van der Waals surface area contributed by atoms with E-state index in [0.29, 0.717) is 17.5 Å². The fourth-order valence-electron chi connectivity index (χ4n) is 2.97. The average Bonchev–Trinajstić information content (AvgIpc) is 2.87. The van der Waals surface area contributed by atoms with Gasteiger partial charge < -0.3 is 10.2 Å². The van der Waals surface area contributed by atoms with Gasteiger partial charge in [-0.05, 0) is 30.0 Å². The molecule has 19 heavy (non-hydrogen) atoms. The van der Waals surface area contributed by atoms with Crippen LogP contribution in [0.3, 0.4) is 0 Å². The third-order valence-corrected chi connectivity index (χ3v) is 4.89. The zero-order valence-electron chi connectivity index (χ0n) is 10.3. The number of hydrogen-bond donors (Lipinski definition) is 2. The highest BCUT2D eigenvalue weighted by Gasteiger charge is 2.36. The van der Waals surface area contributed by atoms with Gasteiger partial charge in [-0.2, -0.15) is 0 Å². The Morgan fingerprint density at radius 1 is 1.26 bits per heavy atom. The van der Waals surface area contributed by atoms with Gasteiger partial charge in [0.2, 0.25) is 10.0 Å². The van der Waals surface area contributed by atoms with Gasteiger partial charge in [0.1, 0.15) is 5.82 Å². The number of halogens is 1. The molecule has 0 aliphatic carbocycles. The predicted octanol–water partition coefficient (Wildman–Crippen LogP) is 0.129. The molecule has 2 fully saturated rings. The fraction of sp³-hybridized carbons (Fsp3) is 0.500. The van der Waals surface area contributed by atoms with Gasteiger partial charge >= 0.3 is 0 Å². The minimum Gasteiger partial charge on any atom is -0.368 e. The first-order chi connectivity index (χ1) is 8.95. The molecule has 0 saturated carbocycles. The summed E-state index contributed by atoms with van der Waals surface area (Å²) in [5.41, 5.74) is 0.460. The molecule has 2 aliphatic heterocycles. The molecule has 2 unspecified atom stereocenters. The highest BCUT2D eigenvalue weighted by atomic mass is 32.2. The maximum Gasteiger partial charge on any atom is 0.238 e. The van der Waals surface area contributed by atoms with Crippen molar-refractivity contribution in [3.05, 3.63) is 24.0 Å². The highest BCUT2D eigenvalue weighted by Crippen LogP contribution is 2.32. The highest BCUT2D eigenvalue weighted by molar-refractivity contribution is 7.89. The van der Waals surface area contributed by atoms with E-state index < -0.39 is 15.8 Å². The predicted molar refractivity (Wildman–Crippen MR) is 69.8 cm³/mol. The number of fused-ring (bicyclic) bond motifs is 1. The maximum atomic E-state index is 14.0. The van der Waals surface area contributed by atoms with Crippen molar-refractivity contribution in [2.24, 2.45) is 17.0 Å². The van der Waals surface area contributed by atoms with Gasteiger partial charge in [0, 0.05) is 26.2 Å². The lowest BCUT2D eigenvalue weighted by atomic mass is 10.0. The van der Waals surface area contributed by atoms with E-state index in [0.717, 1.165) is 32.2 Å². The Morgan fingerprint density at radius 3 is 2.42 bits per heavy atom. The van der Waals surface area contributed by atoms with Crippen LogP contribution in [-0.2, 0) is 10.0 Å². The van der Waals surface area contributed by atoms with E-state index >= 15 is 0 Å². The molecule has 1 aromatic carbocycles. The first-order valence-corrected chi connectivity index (χ1v) is 7.78. The first kappa shape index (κ1) is 12.8. The summed E-state index contributed by atoms with van der Waals surface area (Å²) in [4.78, 5) is 1.80. The van der Waals surface area contributed by atoms with Crippen LogP contribution in [0.5, 0.6) is 0 Å². The van der Waals surface area contributed by atoms with Crippen molar-refractivity contribution in [2.45, 2.75) is 4.90 Å². The van der Waals surface area contributed by atoms with Gasteiger partial charge in [-0.1, -0.05) is 0 Å². The number of primary sulfonamides is 1. The first-order valence-electron chi connectivity index (χ1n) is 6.23. The zero-order chi connectivity index (χ0) is 13.6. The van der Waals surface area contributed by atoms with Gasteiger partial charge in [0.25, 0.3) is 0 Å². The topological polar surface area (TPSA) is 75.4 Å². The zero-order valence-corrected chi connectivity index (χ0v) is 11.2. The molecule has 5 nitrogen and oxygen atoms in total. The number of benzene rings is 1. The summed E-state index contributed by atoms with van der Waals surface area (Å²) in [6, 6.07) is 3.86. The van der Waals surface area contributed by atoms with Crippen LogP contribution in [0.4, 0.5) is 10.1 Å². The Hall–Kier alpha value is -1.18. The number of nitrogens with two attached hydrogens (primary N) is 1. The molecule has 104 valence electrons. The molecule has 0 amide bonds. The summed E-state index contributed by atoms with van der Waals surface area (Å²) >= 11 is 0. The standard InChI is InChI=1S/C12H16FN3O2S/c13-11-3-10(19(14,17)18)1-2-12(11)16-6-8-4-15-5-9(8)7-16/h1-3,8-9,15H,4-7H2,(H2,14,17,18). The Kier molecular flexibility index (Phi) is 2.99. The van der Waals surface area contributed by atoms with Crippen LogP contribution < -0.4 is 15.4 Å². The lowest BCUT2D eigenvalue weighted by molar-refractivity contribution is 0.533. The minimum absolute atomic E-state index is 0.185. The van der Waals surface area contributed by atoms with Gasteiger partial charge in [0.15, 0.2) is 0 Å². The summed E-state index contributed by atoms with van der Waals surface area (Å²) in [5.74, 6) is 0.578. The Morgan fingerprint density at radius 2 is 1.89 bits per heavy atom. The molecule has 2 saturated heterocycles. The second kappa shape index (κ2) is 4.43. The third-order valence-electron chi connectivity index (χ3n) is 3.98. The molecule has 0 aromatic heterocycles. The molecule has 0 spiro atoms. The lowest BCUT2D eigenvalue weighted by Crippen LogP contribution is -2.26. The van der Waals surface area contributed by atoms with E-state index in [1.165, 1.54) is 12.1 Å². The quantitative estimate of drug-likeness (QED) is 0.810. The summed E-state index contributed by atoms with van der Waals surface area (Å²) in [5, 5.41) is 8.31.